The molecule has 2 amide bonds. The van der Waals surface area contributed by atoms with E-state index in [0.29, 0.717) is 45.3 Å². The highest BCUT2D eigenvalue weighted by atomic mass is 19.1. The first-order chi connectivity index (χ1) is 20.3. The van der Waals surface area contributed by atoms with Crippen LogP contribution in [-0.2, 0) is 5.41 Å². The van der Waals surface area contributed by atoms with Crippen molar-refractivity contribution in [1.29, 1.82) is 0 Å². The monoisotopic (exact) mass is 586 g/mol. The number of fused-ring (bicyclic) bond motifs is 1. The summed E-state index contributed by atoms with van der Waals surface area (Å²) in [7, 11) is 1.69. The Morgan fingerprint density at radius 1 is 0.977 bits per heavy atom. The van der Waals surface area contributed by atoms with E-state index in [-0.39, 0.29) is 22.7 Å². The minimum atomic E-state index is -0.731. The molecule has 0 aliphatic heterocycles. The minimum absolute atomic E-state index is 0.128. The van der Waals surface area contributed by atoms with Gasteiger partial charge in [-0.1, -0.05) is 26.8 Å². The minimum Gasteiger partial charge on any atom is -0.357 e. The van der Waals surface area contributed by atoms with Crippen LogP contribution in [0, 0.1) is 11.6 Å². The van der Waals surface area contributed by atoms with Gasteiger partial charge in [-0.25, -0.2) is 23.2 Å². The molecule has 3 N–H and O–H groups in total. The smallest absolute Gasteiger partial charge is 0.324 e. The number of anilines is 3. The molecule has 3 heterocycles. The van der Waals surface area contributed by atoms with E-state index in [1.807, 2.05) is 34.6 Å². The van der Waals surface area contributed by atoms with Crippen LogP contribution in [0.4, 0.5) is 31.0 Å². The predicted octanol–water partition coefficient (Wildman–Crippen LogP) is 6.49. The summed E-state index contributed by atoms with van der Waals surface area (Å²) in [6.45, 7) is 9.66. The number of carbonyl (C=O) groups excluding carboxylic acids is 1. The molecule has 43 heavy (non-hydrogen) atoms. The highest BCUT2D eigenvalue weighted by Crippen LogP contribution is 2.29. The second-order valence-corrected chi connectivity index (χ2v) is 11.4. The molecule has 0 atom stereocenters. The van der Waals surface area contributed by atoms with Crippen molar-refractivity contribution < 1.29 is 13.6 Å². The van der Waals surface area contributed by atoms with Crippen molar-refractivity contribution in [1.82, 2.24) is 24.3 Å². The molecule has 12 heteroatoms. The third-order valence-electron chi connectivity index (χ3n) is 6.83. The van der Waals surface area contributed by atoms with Crippen LogP contribution in [0.25, 0.3) is 27.8 Å². The molecule has 0 aliphatic carbocycles. The molecule has 10 nitrogen and oxygen atoms in total. The van der Waals surface area contributed by atoms with Gasteiger partial charge in [0.1, 0.15) is 23.1 Å². The fraction of sp³-hybridized carbons (Fsp3) is 0.258. The zero-order valence-electron chi connectivity index (χ0n) is 24.7. The highest BCUT2D eigenvalue weighted by molar-refractivity contribution is 6.00. The van der Waals surface area contributed by atoms with Crippen molar-refractivity contribution in [2.45, 2.75) is 46.1 Å². The van der Waals surface area contributed by atoms with E-state index >= 15 is 0 Å². The van der Waals surface area contributed by atoms with Crippen LogP contribution < -0.4 is 21.5 Å². The van der Waals surface area contributed by atoms with Crippen LogP contribution in [0.5, 0.6) is 0 Å². The average molecular weight is 587 g/mol. The number of benzene rings is 2. The quantitative estimate of drug-likeness (QED) is 0.209. The van der Waals surface area contributed by atoms with Crippen LogP contribution in [0.15, 0.2) is 65.6 Å². The highest BCUT2D eigenvalue weighted by Gasteiger charge is 2.22. The molecular formula is C31H32F2N8O2. The SMILES string of the molecule is CNc1ncc2cc(-c3ccc(F)c(NC(=O)Nc4cc(C(C)(C)C)nn4-c4ccc(F)cc4)c3)c(=O)n(C(C)C)c2n1. The second kappa shape index (κ2) is 11.3. The first-order valence-corrected chi connectivity index (χ1v) is 13.7. The van der Waals surface area contributed by atoms with E-state index in [1.54, 1.807) is 42.1 Å². The number of amides is 2. The van der Waals surface area contributed by atoms with Crippen molar-refractivity contribution in [3.63, 3.8) is 0 Å². The Morgan fingerprint density at radius 2 is 1.70 bits per heavy atom. The molecule has 0 saturated heterocycles. The maximum absolute atomic E-state index is 15.0. The molecule has 0 spiro atoms. The molecule has 3 aromatic heterocycles. The fourth-order valence-electron chi connectivity index (χ4n) is 4.60. The van der Waals surface area contributed by atoms with Gasteiger partial charge in [0, 0.05) is 41.7 Å². The summed E-state index contributed by atoms with van der Waals surface area (Å²) in [5.74, 6) is -0.408. The topological polar surface area (TPSA) is 119 Å². The van der Waals surface area contributed by atoms with E-state index in [4.69, 9.17) is 0 Å². The molecule has 0 bridgehead atoms. The number of halogens is 2. The van der Waals surface area contributed by atoms with Gasteiger partial charge < -0.3 is 10.6 Å². The lowest BCUT2D eigenvalue weighted by Gasteiger charge is -2.16. The van der Waals surface area contributed by atoms with Crippen molar-refractivity contribution in [3.8, 4) is 16.8 Å². The number of pyridine rings is 1. The third kappa shape index (κ3) is 5.94. The summed E-state index contributed by atoms with van der Waals surface area (Å²) < 4.78 is 31.6. The Kier molecular flexibility index (Phi) is 7.70. The van der Waals surface area contributed by atoms with Gasteiger partial charge in [-0.2, -0.15) is 10.1 Å². The van der Waals surface area contributed by atoms with Gasteiger partial charge in [0.05, 0.1) is 17.1 Å². The van der Waals surface area contributed by atoms with Crippen molar-refractivity contribution in [2.24, 2.45) is 0 Å². The van der Waals surface area contributed by atoms with Gasteiger partial charge in [0.25, 0.3) is 5.56 Å². The van der Waals surface area contributed by atoms with Gasteiger partial charge in [0.15, 0.2) is 0 Å². The zero-order valence-corrected chi connectivity index (χ0v) is 24.7. The number of nitrogens with zero attached hydrogens (tertiary/aromatic N) is 5. The number of aromatic nitrogens is 5. The van der Waals surface area contributed by atoms with Crippen LogP contribution in [-0.4, -0.2) is 37.4 Å². The fourth-order valence-corrected chi connectivity index (χ4v) is 4.60. The molecule has 0 aliphatic rings. The molecule has 222 valence electrons. The summed E-state index contributed by atoms with van der Waals surface area (Å²) in [5, 5.41) is 13.4. The van der Waals surface area contributed by atoms with E-state index in [2.05, 4.69) is 31.0 Å². The molecule has 0 unspecified atom stereocenters. The van der Waals surface area contributed by atoms with Crippen LogP contribution in [0.2, 0.25) is 0 Å². The van der Waals surface area contributed by atoms with Gasteiger partial charge in [-0.05, 0) is 61.9 Å². The maximum Gasteiger partial charge on any atom is 0.324 e. The average Bonchev–Trinajstić information content (AvgIpc) is 3.38. The van der Waals surface area contributed by atoms with E-state index in [9.17, 15) is 18.4 Å². The van der Waals surface area contributed by atoms with Crippen molar-refractivity contribution >= 4 is 34.5 Å². The molecule has 2 aromatic carbocycles. The summed E-state index contributed by atoms with van der Waals surface area (Å²) in [4.78, 5) is 35.5. The van der Waals surface area contributed by atoms with E-state index in [0.717, 1.165) is 0 Å². The molecular weight excluding hydrogens is 554 g/mol. The van der Waals surface area contributed by atoms with Crippen molar-refractivity contribution in [3.05, 3.63) is 88.5 Å². The van der Waals surface area contributed by atoms with Gasteiger partial charge in [-0.15, -0.1) is 0 Å². The Bertz CT molecular complexity index is 1890. The summed E-state index contributed by atoms with van der Waals surface area (Å²) in [5.41, 5.74) is 1.60. The number of hydrogen-bond acceptors (Lipinski definition) is 6. The normalized spacial score (nSPS) is 11.7. The van der Waals surface area contributed by atoms with Crippen LogP contribution in [0.3, 0.4) is 0 Å². The number of urea groups is 1. The lowest BCUT2D eigenvalue weighted by atomic mass is 9.92. The number of carbonyl (C=O) groups is 1. The number of hydrogen-bond donors (Lipinski definition) is 3. The summed E-state index contributed by atoms with van der Waals surface area (Å²) in [6, 6.07) is 12.2. The summed E-state index contributed by atoms with van der Waals surface area (Å²) >= 11 is 0. The molecule has 0 saturated carbocycles. The van der Waals surface area contributed by atoms with E-state index in [1.165, 1.54) is 35.0 Å². The maximum atomic E-state index is 15.0. The molecule has 0 radical (unpaired) electrons. The molecule has 5 aromatic rings. The van der Waals surface area contributed by atoms with Crippen LogP contribution >= 0.6 is 0 Å². The Balaban J connectivity index is 1.49. The molecule has 0 fully saturated rings. The Hall–Kier alpha value is -5.13. The number of rotatable bonds is 6. The standard InChI is InChI=1S/C31H32F2N8O2/c1-17(2)40-27-19(16-35-29(34-6)38-27)13-22(28(40)42)18-7-12-23(33)24(14-18)36-30(43)37-26-15-25(31(3,4)5)39-41(26)21-10-8-20(32)9-11-21/h7-17H,1-6H3,(H,34,35,38)(H2,36,37,43). The lowest BCUT2D eigenvalue weighted by molar-refractivity contribution is 0.262. The van der Waals surface area contributed by atoms with Crippen molar-refractivity contribution in [2.75, 3.05) is 23.0 Å². The first-order valence-electron chi connectivity index (χ1n) is 13.7. The van der Waals surface area contributed by atoms with Gasteiger partial charge in [-0.3, -0.25) is 14.7 Å². The largest absolute Gasteiger partial charge is 0.357 e. The Morgan fingerprint density at radius 3 is 2.35 bits per heavy atom. The zero-order chi connectivity index (χ0) is 31.1. The van der Waals surface area contributed by atoms with Gasteiger partial charge in [0.2, 0.25) is 5.95 Å². The summed E-state index contributed by atoms with van der Waals surface area (Å²) in [6.07, 6.45) is 1.61. The third-order valence-corrected chi connectivity index (χ3v) is 6.83. The van der Waals surface area contributed by atoms with Gasteiger partial charge >= 0.3 is 6.03 Å². The predicted molar refractivity (Wildman–Crippen MR) is 164 cm³/mol. The Labute approximate surface area is 246 Å². The van der Waals surface area contributed by atoms with Crippen LogP contribution in [0.1, 0.15) is 46.4 Å². The van der Waals surface area contributed by atoms with E-state index < -0.39 is 17.7 Å². The lowest BCUT2D eigenvalue weighted by Crippen LogP contribution is -2.25. The second-order valence-electron chi connectivity index (χ2n) is 11.4. The molecule has 5 rings (SSSR count). The number of nitrogens with one attached hydrogen (secondary N) is 3. The first kappa shape index (κ1) is 29.4.